The number of amides is 2. The van der Waals surface area contributed by atoms with E-state index in [4.69, 9.17) is 0 Å². The van der Waals surface area contributed by atoms with Gasteiger partial charge < -0.3 is 9.80 Å². The van der Waals surface area contributed by atoms with Gasteiger partial charge in [-0.05, 0) is 42.0 Å². The molecule has 2 heterocycles. The molecule has 1 spiro atoms. The van der Waals surface area contributed by atoms with Gasteiger partial charge in [0, 0.05) is 23.4 Å². The molecule has 1 atom stereocenters. The van der Waals surface area contributed by atoms with Crippen molar-refractivity contribution < 1.29 is 18.4 Å². The first-order chi connectivity index (χ1) is 15.0. The number of carbonyl (C=O) groups excluding carboxylic acids is 2. The van der Waals surface area contributed by atoms with Crippen LogP contribution in [0.25, 0.3) is 0 Å². The lowest BCUT2D eigenvalue weighted by Gasteiger charge is -2.33. The molecule has 3 aromatic rings. The van der Waals surface area contributed by atoms with Crippen molar-refractivity contribution in [3.63, 3.8) is 0 Å². The highest BCUT2D eigenvalue weighted by Crippen LogP contribution is 2.54. The minimum atomic E-state index is -1.19. The van der Waals surface area contributed by atoms with Crippen LogP contribution in [0.5, 0.6) is 0 Å². The van der Waals surface area contributed by atoms with E-state index < -0.39 is 10.7 Å². The molecule has 0 aromatic heterocycles. The first-order valence-electron chi connectivity index (χ1n) is 9.88. The van der Waals surface area contributed by atoms with Gasteiger partial charge in [-0.1, -0.05) is 36.4 Å². The zero-order valence-corrected chi connectivity index (χ0v) is 17.2. The zero-order valence-electron chi connectivity index (χ0n) is 16.4. The molecule has 1 saturated heterocycles. The van der Waals surface area contributed by atoms with Gasteiger partial charge in [-0.15, -0.1) is 11.8 Å². The van der Waals surface area contributed by atoms with Gasteiger partial charge in [0.25, 0.3) is 11.8 Å². The smallest absolute Gasteiger partial charge is 0.268 e. The van der Waals surface area contributed by atoms with Gasteiger partial charge in [-0.2, -0.15) is 0 Å². The van der Waals surface area contributed by atoms with Gasteiger partial charge in [0.1, 0.15) is 11.6 Å². The number of hydrogen-bond acceptors (Lipinski definition) is 3. The molecule has 0 bridgehead atoms. The number of benzene rings is 3. The van der Waals surface area contributed by atoms with Gasteiger partial charge in [0.15, 0.2) is 4.87 Å². The van der Waals surface area contributed by atoms with E-state index in [1.54, 1.807) is 28.0 Å². The van der Waals surface area contributed by atoms with Gasteiger partial charge in [-0.25, -0.2) is 8.78 Å². The van der Waals surface area contributed by atoms with Crippen molar-refractivity contribution in [3.05, 3.63) is 101 Å². The third-order valence-electron chi connectivity index (χ3n) is 5.67. The maximum atomic E-state index is 13.8. The molecule has 3 aromatic carbocycles. The molecule has 0 N–H and O–H groups in total. The fourth-order valence-corrected chi connectivity index (χ4v) is 5.74. The average molecular weight is 436 g/mol. The average Bonchev–Trinajstić information content (AvgIpc) is 3.32. The van der Waals surface area contributed by atoms with Crippen LogP contribution in [0.1, 0.15) is 21.5 Å². The predicted molar refractivity (Wildman–Crippen MR) is 116 cm³/mol. The van der Waals surface area contributed by atoms with Crippen molar-refractivity contribution >= 4 is 29.3 Å². The van der Waals surface area contributed by atoms with Crippen LogP contribution in [0, 0.1) is 11.6 Å². The van der Waals surface area contributed by atoms with Crippen LogP contribution in [-0.2, 0) is 16.2 Å². The lowest BCUT2D eigenvalue weighted by molar-refractivity contribution is -0.123. The highest BCUT2D eigenvalue weighted by Gasteiger charge is 2.59. The second kappa shape index (κ2) is 7.50. The standard InChI is InChI=1S/C24H18F2N2O2S/c25-18-10-8-16(9-11-18)15-27-21-7-2-1-6-20(21)24(23(27)30)28(12-13-31-24)22(29)17-4-3-5-19(26)14-17/h1-11,14H,12-13,15H2/t24-/m1/s1. The fraction of sp³-hybridized carbons (Fsp3) is 0.167. The number of hydrogen-bond donors (Lipinski definition) is 0. The molecule has 0 aliphatic carbocycles. The van der Waals surface area contributed by atoms with Crippen LogP contribution in [0.3, 0.4) is 0 Å². The van der Waals surface area contributed by atoms with Gasteiger partial charge in [0.2, 0.25) is 0 Å². The van der Waals surface area contributed by atoms with Crippen molar-refractivity contribution in [2.45, 2.75) is 11.4 Å². The third-order valence-corrected chi connectivity index (χ3v) is 7.09. The van der Waals surface area contributed by atoms with Gasteiger partial charge in [0.05, 0.1) is 12.2 Å². The van der Waals surface area contributed by atoms with E-state index in [0.717, 1.165) is 16.8 Å². The number of fused-ring (bicyclic) bond motifs is 2. The summed E-state index contributed by atoms with van der Waals surface area (Å²) in [6, 6.07) is 19.0. The number of thioether (sulfide) groups is 1. The van der Waals surface area contributed by atoms with E-state index in [-0.39, 0.29) is 29.7 Å². The Balaban J connectivity index is 1.57. The van der Waals surface area contributed by atoms with Crippen molar-refractivity contribution in [2.24, 2.45) is 0 Å². The van der Waals surface area contributed by atoms with E-state index in [0.29, 0.717) is 12.3 Å². The van der Waals surface area contributed by atoms with Crippen molar-refractivity contribution in [1.82, 2.24) is 4.90 Å². The second-order valence-corrected chi connectivity index (χ2v) is 8.78. The first kappa shape index (κ1) is 19.8. The van der Waals surface area contributed by atoms with Crippen molar-refractivity contribution in [1.29, 1.82) is 0 Å². The van der Waals surface area contributed by atoms with E-state index in [9.17, 15) is 18.4 Å². The molecule has 1 fully saturated rings. The Morgan fingerprint density at radius 3 is 2.52 bits per heavy atom. The van der Waals surface area contributed by atoms with Crippen LogP contribution in [0.4, 0.5) is 14.5 Å². The number of carbonyl (C=O) groups is 2. The molecule has 7 heteroatoms. The maximum Gasteiger partial charge on any atom is 0.268 e. The molecule has 0 unspecified atom stereocenters. The van der Waals surface area contributed by atoms with E-state index in [2.05, 4.69) is 0 Å². The number of rotatable bonds is 3. The van der Waals surface area contributed by atoms with E-state index in [1.807, 2.05) is 24.3 Å². The fourth-order valence-electron chi connectivity index (χ4n) is 4.27. The summed E-state index contributed by atoms with van der Waals surface area (Å²) in [7, 11) is 0. The molecule has 2 aliphatic heterocycles. The molecule has 156 valence electrons. The summed E-state index contributed by atoms with van der Waals surface area (Å²) in [6.07, 6.45) is 0. The topological polar surface area (TPSA) is 40.6 Å². The number of halogens is 2. The van der Waals surface area contributed by atoms with Crippen molar-refractivity contribution in [3.8, 4) is 0 Å². The summed E-state index contributed by atoms with van der Waals surface area (Å²) in [6.45, 7) is 0.644. The molecular formula is C24H18F2N2O2S. The van der Waals surface area contributed by atoms with E-state index in [1.165, 1.54) is 42.1 Å². The lowest BCUT2D eigenvalue weighted by atomic mass is 10.0. The van der Waals surface area contributed by atoms with Gasteiger partial charge in [-0.3, -0.25) is 9.59 Å². The molecular weight excluding hydrogens is 418 g/mol. The molecule has 5 rings (SSSR count). The highest BCUT2D eigenvalue weighted by atomic mass is 32.2. The van der Waals surface area contributed by atoms with Gasteiger partial charge >= 0.3 is 0 Å². The third kappa shape index (κ3) is 3.11. The lowest BCUT2D eigenvalue weighted by Crippen LogP contribution is -2.50. The summed E-state index contributed by atoms with van der Waals surface area (Å²) in [4.78, 5) is 29.2. The Hall–Kier alpha value is -3.19. The van der Waals surface area contributed by atoms with Crippen molar-refractivity contribution in [2.75, 3.05) is 17.2 Å². The number of para-hydroxylation sites is 1. The van der Waals surface area contributed by atoms with Crippen LogP contribution in [0.15, 0.2) is 72.8 Å². The zero-order chi connectivity index (χ0) is 21.6. The summed E-state index contributed by atoms with van der Waals surface area (Å²) in [5.74, 6) is -0.845. The molecule has 4 nitrogen and oxygen atoms in total. The quantitative estimate of drug-likeness (QED) is 0.605. The Kier molecular flexibility index (Phi) is 4.78. The first-order valence-corrected chi connectivity index (χ1v) is 10.9. The summed E-state index contributed by atoms with van der Waals surface area (Å²) in [5.41, 5.74) is 2.47. The number of nitrogens with zero attached hydrogens (tertiary/aromatic N) is 2. The molecule has 0 saturated carbocycles. The SMILES string of the molecule is O=C(c1cccc(F)c1)N1CCS[C@]12C(=O)N(Cc1ccc(F)cc1)c1ccccc12. The van der Waals surface area contributed by atoms with Crippen LogP contribution in [0.2, 0.25) is 0 Å². The second-order valence-electron chi connectivity index (χ2n) is 7.49. The minimum Gasteiger partial charge on any atom is -0.311 e. The molecule has 2 amide bonds. The normalized spacial score (nSPS) is 19.9. The summed E-state index contributed by atoms with van der Waals surface area (Å²) in [5, 5.41) is 0. The monoisotopic (exact) mass is 436 g/mol. The Labute approximate surface area is 182 Å². The summed E-state index contributed by atoms with van der Waals surface area (Å²) < 4.78 is 27.1. The van der Waals surface area contributed by atoms with E-state index >= 15 is 0 Å². The predicted octanol–water partition coefficient (Wildman–Crippen LogP) is 4.55. The Bertz CT molecular complexity index is 1180. The van der Waals surface area contributed by atoms with Crippen LogP contribution < -0.4 is 4.90 Å². The molecule has 0 radical (unpaired) electrons. The Morgan fingerprint density at radius 1 is 0.968 bits per heavy atom. The van der Waals surface area contributed by atoms with Crippen LogP contribution >= 0.6 is 11.8 Å². The molecule has 31 heavy (non-hydrogen) atoms. The summed E-state index contributed by atoms with van der Waals surface area (Å²) >= 11 is 1.42. The van der Waals surface area contributed by atoms with Crippen LogP contribution in [-0.4, -0.2) is 29.0 Å². The highest BCUT2D eigenvalue weighted by molar-refractivity contribution is 8.01. The Morgan fingerprint density at radius 2 is 1.74 bits per heavy atom. The minimum absolute atomic E-state index is 0.212. The maximum absolute atomic E-state index is 13.8. The molecule has 2 aliphatic rings. The number of anilines is 1. The largest absolute Gasteiger partial charge is 0.311 e.